The molecule has 0 bridgehead atoms. The quantitative estimate of drug-likeness (QED) is 0.518. The summed E-state index contributed by atoms with van der Waals surface area (Å²) in [6.45, 7) is 2.18. The Kier molecular flexibility index (Phi) is 8.12. The van der Waals surface area contributed by atoms with Gasteiger partial charge in [0.15, 0.2) is 0 Å². The average molecular weight is 408 g/mol. The van der Waals surface area contributed by atoms with Gasteiger partial charge in [-0.25, -0.2) is 0 Å². The Morgan fingerprint density at radius 1 is 0.700 bits per heavy atom. The zero-order valence-electron chi connectivity index (χ0n) is 17.5. The molecule has 0 aliphatic carbocycles. The summed E-state index contributed by atoms with van der Waals surface area (Å²) in [6.07, 6.45) is -0.617. The van der Waals surface area contributed by atoms with Crippen LogP contribution in [-0.4, -0.2) is 43.5 Å². The second kappa shape index (κ2) is 11.2. The first-order chi connectivity index (χ1) is 14.7. The maximum atomic E-state index is 10.6. The van der Waals surface area contributed by atoms with Gasteiger partial charge in [0, 0.05) is 19.6 Å². The molecule has 0 saturated heterocycles. The SMILES string of the molecule is COc1ccc(CN(Cc2ccccc2)C[C@@H](O)COc2ccc(OC)cc2)cc1. The Morgan fingerprint density at radius 3 is 1.77 bits per heavy atom. The van der Waals surface area contributed by atoms with Crippen molar-refractivity contribution in [3.8, 4) is 17.2 Å². The molecule has 0 fully saturated rings. The third kappa shape index (κ3) is 6.79. The summed E-state index contributed by atoms with van der Waals surface area (Å²) in [7, 11) is 3.29. The Bertz CT molecular complexity index is 866. The van der Waals surface area contributed by atoms with E-state index in [2.05, 4.69) is 29.2 Å². The zero-order chi connectivity index (χ0) is 21.2. The minimum atomic E-state index is -0.617. The van der Waals surface area contributed by atoms with Crippen LogP contribution >= 0.6 is 0 Å². The Labute approximate surface area is 178 Å². The smallest absolute Gasteiger partial charge is 0.119 e. The van der Waals surface area contributed by atoms with Crippen molar-refractivity contribution in [2.45, 2.75) is 19.2 Å². The van der Waals surface area contributed by atoms with Crippen molar-refractivity contribution in [3.63, 3.8) is 0 Å². The highest BCUT2D eigenvalue weighted by molar-refractivity contribution is 5.31. The number of nitrogens with zero attached hydrogens (tertiary/aromatic N) is 1. The fourth-order valence-electron chi connectivity index (χ4n) is 3.23. The van der Waals surface area contributed by atoms with Crippen LogP contribution in [-0.2, 0) is 13.1 Å². The molecule has 0 saturated carbocycles. The zero-order valence-corrected chi connectivity index (χ0v) is 17.5. The van der Waals surface area contributed by atoms with Crippen molar-refractivity contribution in [3.05, 3.63) is 90.0 Å². The highest BCUT2D eigenvalue weighted by Gasteiger charge is 2.14. The lowest BCUT2D eigenvalue weighted by atomic mass is 10.1. The summed E-state index contributed by atoms with van der Waals surface area (Å²) in [6, 6.07) is 25.6. The van der Waals surface area contributed by atoms with Gasteiger partial charge in [-0.15, -0.1) is 0 Å². The van der Waals surface area contributed by atoms with Crippen molar-refractivity contribution < 1.29 is 19.3 Å². The topological polar surface area (TPSA) is 51.2 Å². The molecular weight excluding hydrogens is 378 g/mol. The minimum absolute atomic E-state index is 0.222. The number of hydrogen-bond acceptors (Lipinski definition) is 5. The minimum Gasteiger partial charge on any atom is -0.497 e. The number of aliphatic hydroxyl groups is 1. The number of rotatable bonds is 11. The third-order valence-electron chi connectivity index (χ3n) is 4.79. The molecule has 3 aromatic carbocycles. The van der Waals surface area contributed by atoms with Gasteiger partial charge >= 0.3 is 0 Å². The molecule has 1 N–H and O–H groups in total. The lowest BCUT2D eigenvalue weighted by molar-refractivity contribution is 0.0628. The van der Waals surface area contributed by atoms with Crippen LogP contribution < -0.4 is 14.2 Å². The van der Waals surface area contributed by atoms with E-state index in [0.29, 0.717) is 12.3 Å². The van der Waals surface area contributed by atoms with Crippen molar-refractivity contribution in [1.29, 1.82) is 0 Å². The van der Waals surface area contributed by atoms with Crippen LogP contribution in [0.4, 0.5) is 0 Å². The molecule has 0 radical (unpaired) electrons. The van der Waals surface area contributed by atoms with Crippen LogP contribution in [0.25, 0.3) is 0 Å². The van der Waals surface area contributed by atoms with Crippen molar-refractivity contribution >= 4 is 0 Å². The highest BCUT2D eigenvalue weighted by atomic mass is 16.5. The maximum absolute atomic E-state index is 10.6. The lowest BCUT2D eigenvalue weighted by Crippen LogP contribution is -2.35. The number of hydrogen-bond donors (Lipinski definition) is 1. The number of aliphatic hydroxyl groups excluding tert-OH is 1. The van der Waals surface area contributed by atoms with Crippen LogP contribution in [0.15, 0.2) is 78.9 Å². The van der Waals surface area contributed by atoms with Gasteiger partial charge in [0.1, 0.15) is 30.0 Å². The van der Waals surface area contributed by atoms with Gasteiger partial charge in [-0.2, -0.15) is 0 Å². The van der Waals surface area contributed by atoms with Gasteiger partial charge in [0.25, 0.3) is 0 Å². The summed E-state index contributed by atoms with van der Waals surface area (Å²) in [5.41, 5.74) is 2.37. The molecule has 0 heterocycles. The molecule has 3 aromatic rings. The van der Waals surface area contributed by atoms with Crippen LogP contribution in [0, 0.1) is 0 Å². The molecule has 3 rings (SSSR count). The third-order valence-corrected chi connectivity index (χ3v) is 4.79. The summed E-state index contributed by atoms with van der Waals surface area (Å²) >= 11 is 0. The number of benzene rings is 3. The van der Waals surface area contributed by atoms with Gasteiger partial charge < -0.3 is 19.3 Å². The molecule has 0 amide bonds. The first-order valence-corrected chi connectivity index (χ1v) is 10.0. The first kappa shape index (κ1) is 21.7. The Balaban J connectivity index is 1.60. The largest absolute Gasteiger partial charge is 0.497 e. The van der Waals surface area contributed by atoms with Crippen molar-refractivity contribution in [2.75, 3.05) is 27.4 Å². The fraction of sp³-hybridized carbons (Fsp3) is 0.280. The molecule has 5 heteroatoms. The monoisotopic (exact) mass is 407 g/mol. The average Bonchev–Trinajstić information content (AvgIpc) is 2.79. The van der Waals surface area contributed by atoms with E-state index in [0.717, 1.165) is 30.2 Å². The number of ether oxygens (including phenoxy) is 3. The van der Waals surface area contributed by atoms with E-state index in [4.69, 9.17) is 14.2 Å². The Hall–Kier alpha value is -3.02. The normalized spacial score (nSPS) is 11.9. The van der Waals surface area contributed by atoms with Crippen molar-refractivity contribution in [2.24, 2.45) is 0 Å². The fourth-order valence-corrected chi connectivity index (χ4v) is 3.23. The summed E-state index contributed by atoms with van der Waals surface area (Å²) in [5, 5.41) is 10.6. The molecule has 5 nitrogen and oxygen atoms in total. The van der Waals surface area contributed by atoms with Crippen LogP contribution in [0.3, 0.4) is 0 Å². The van der Waals surface area contributed by atoms with Crippen LogP contribution in [0.5, 0.6) is 17.2 Å². The summed E-state index contributed by atoms with van der Waals surface area (Å²) in [4.78, 5) is 2.22. The first-order valence-electron chi connectivity index (χ1n) is 10.0. The van der Waals surface area contributed by atoms with E-state index in [1.54, 1.807) is 14.2 Å². The van der Waals surface area contributed by atoms with E-state index in [1.165, 1.54) is 5.56 Å². The van der Waals surface area contributed by atoms with E-state index < -0.39 is 6.10 Å². The van der Waals surface area contributed by atoms with Crippen molar-refractivity contribution in [1.82, 2.24) is 4.90 Å². The van der Waals surface area contributed by atoms with Crippen LogP contribution in [0.1, 0.15) is 11.1 Å². The molecule has 1 atom stereocenters. The van der Waals surface area contributed by atoms with Gasteiger partial charge in [0.2, 0.25) is 0 Å². The number of methoxy groups -OCH3 is 2. The second-order valence-corrected chi connectivity index (χ2v) is 7.14. The standard InChI is InChI=1S/C25H29NO4/c1-28-23-10-8-21(9-11-23)17-26(16-20-6-4-3-5-7-20)18-22(27)19-30-25-14-12-24(29-2)13-15-25/h3-15,22,27H,16-19H2,1-2H3/t22-/m1/s1. The molecule has 0 aliphatic rings. The predicted octanol–water partition coefficient (Wildman–Crippen LogP) is 4.15. The molecule has 158 valence electrons. The second-order valence-electron chi connectivity index (χ2n) is 7.14. The van der Waals surface area contributed by atoms with Gasteiger partial charge in [-0.1, -0.05) is 42.5 Å². The Morgan fingerprint density at radius 2 is 1.20 bits per heavy atom. The predicted molar refractivity (Wildman–Crippen MR) is 118 cm³/mol. The van der Waals surface area contributed by atoms with Gasteiger partial charge in [0.05, 0.1) is 14.2 Å². The van der Waals surface area contributed by atoms with E-state index in [9.17, 15) is 5.11 Å². The molecule has 0 aliphatic heterocycles. The van der Waals surface area contributed by atoms with Gasteiger partial charge in [-0.05, 0) is 47.5 Å². The summed E-state index contributed by atoms with van der Waals surface area (Å²) in [5.74, 6) is 2.32. The molecule has 0 unspecified atom stereocenters. The lowest BCUT2D eigenvalue weighted by Gasteiger charge is -2.25. The highest BCUT2D eigenvalue weighted by Crippen LogP contribution is 2.18. The molecule has 0 aromatic heterocycles. The van der Waals surface area contributed by atoms with Gasteiger partial charge in [-0.3, -0.25) is 4.90 Å². The van der Waals surface area contributed by atoms with E-state index >= 15 is 0 Å². The van der Waals surface area contributed by atoms with Crippen LogP contribution in [0.2, 0.25) is 0 Å². The van der Waals surface area contributed by atoms with E-state index in [1.807, 2.05) is 54.6 Å². The molecular formula is C25H29NO4. The van der Waals surface area contributed by atoms with E-state index in [-0.39, 0.29) is 6.61 Å². The maximum Gasteiger partial charge on any atom is 0.119 e. The molecule has 30 heavy (non-hydrogen) atoms. The molecule has 0 spiro atoms. The summed E-state index contributed by atoms with van der Waals surface area (Å²) < 4.78 is 16.2.